The number of aryl methyl sites for hydroxylation is 2. The summed E-state index contributed by atoms with van der Waals surface area (Å²) >= 11 is 6.12. The standard InChI is InChI=1S/C24H29ClN2O2/c1-2-23(29-22-11-10-18-6-3-4-7-19(18)16-22)24(28)27-14-12-26(13-15-27)21-9-5-8-20(25)17-21/h5,8-11,16-17,23H,2-4,6-7,12-15H2,1H3/t23-/m0/s1. The van der Waals surface area contributed by atoms with Gasteiger partial charge in [0.05, 0.1) is 0 Å². The van der Waals surface area contributed by atoms with Crippen molar-refractivity contribution in [3.8, 4) is 5.75 Å². The fourth-order valence-electron chi connectivity index (χ4n) is 4.32. The van der Waals surface area contributed by atoms with Gasteiger partial charge >= 0.3 is 0 Å². The summed E-state index contributed by atoms with van der Waals surface area (Å²) in [4.78, 5) is 17.3. The monoisotopic (exact) mass is 412 g/mol. The Bertz CT molecular complexity index is 862. The third-order valence-corrected chi connectivity index (χ3v) is 6.24. The van der Waals surface area contributed by atoms with E-state index in [1.807, 2.05) is 36.1 Å². The highest BCUT2D eigenvalue weighted by Crippen LogP contribution is 2.27. The van der Waals surface area contributed by atoms with Crippen molar-refractivity contribution in [1.29, 1.82) is 0 Å². The molecule has 2 aromatic carbocycles. The zero-order valence-corrected chi connectivity index (χ0v) is 17.8. The van der Waals surface area contributed by atoms with Crippen LogP contribution in [-0.4, -0.2) is 43.1 Å². The van der Waals surface area contributed by atoms with Gasteiger partial charge in [0.25, 0.3) is 5.91 Å². The van der Waals surface area contributed by atoms with E-state index < -0.39 is 6.10 Å². The minimum absolute atomic E-state index is 0.0935. The number of anilines is 1. The molecule has 0 bridgehead atoms. The third kappa shape index (κ3) is 4.69. The van der Waals surface area contributed by atoms with Gasteiger partial charge in [-0.05, 0) is 73.6 Å². The van der Waals surface area contributed by atoms with E-state index in [-0.39, 0.29) is 5.91 Å². The number of rotatable bonds is 5. The second-order valence-electron chi connectivity index (χ2n) is 7.94. The molecule has 1 amide bonds. The highest BCUT2D eigenvalue weighted by atomic mass is 35.5. The Hall–Kier alpha value is -2.20. The largest absolute Gasteiger partial charge is 0.481 e. The van der Waals surface area contributed by atoms with Gasteiger partial charge in [-0.2, -0.15) is 0 Å². The van der Waals surface area contributed by atoms with Crippen molar-refractivity contribution in [3.05, 3.63) is 58.6 Å². The zero-order chi connectivity index (χ0) is 20.2. The van der Waals surface area contributed by atoms with E-state index in [1.165, 1.54) is 24.0 Å². The molecule has 29 heavy (non-hydrogen) atoms. The van der Waals surface area contributed by atoms with Crippen LogP contribution in [0.3, 0.4) is 0 Å². The first-order valence-electron chi connectivity index (χ1n) is 10.7. The molecular formula is C24H29ClN2O2. The van der Waals surface area contributed by atoms with Crippen LogP contribution < -0.4 is 9.64 Å². The fourth-order valence-corrected chi connectivity index (χ4v) is 4.50. The maximum Gasteiger partial charge on any atom is 0.263 e. The molecule has 0 aromatic heterocycles. The molecule has 0 N–H and O–H groups in total. The quantitative estimate of drug-likeness (QED) is 0.712. The number of piperazine rings is 1. The Morgan fingerprint density at radius 1 is 1.03 bits per heavy atom. The molecule has 1 aliphatic carbocycles. The minimum Gasteiger partial charge on any atom is -0.481 e. The number of hydrogen-bond acceptors (Lipinski definition) is 3. The summed E-state index contributed by atoms with van der Waals surface area (Å²) in [5.74, 6) is 0.916. The fraction of sp³-hybridized carbons (Fsp3) is 0.458. The van der Waals surface area contributed by atoms with E-state index in [0.717, 1.165) is 42.4 Å². The Kier molecular flexibility index (Phi) is 6.29. The van der Waals surface area contributed by atoms with Crippen molar-refractivity contribution in [2.24, 2.45) is 0 Å². The predicted octanol–water partition coefficient (Wildman–Crippen LogP) is 4.73. The van der Waals surface area contributed by atoms with E-state index in [0.29, 0.717) is 19.5 Å². The first-order chi connectivity index (χ1) is 14.1. The lowest BCUT2D eigenvalue weighted by molar-refractivity contribution is -0.139. The molecule has 0 radical (unpaired) electrons. The van der Waals surface area contributed by atoms with Crippen LogP contribution in [0.5, 0.6) is 5.75 Å². The van der Waals surface area contributed by atoms with E-state index in [2.05, 4.69) is 23.1 Å². The van der Waals surface area contributed by atoms with Crippen molar-refractivity contribution in [2.45, 2.75) is 45.1 Å². The van der Waals surface area contributed by atoms with Crippen LogP contribution in [0.25, 0.3) is 0 Å². The van der Waals surface area contributed by atoms with Gasteiger partial charge in [-0.3, -0.25) is 4.79 Å². The van der Waals surface area contributed by atoms with Crippen molar-refractivity contribution in [2.75, 3.05) is 31.1 Å². The number of amides is 1. The van der Waals surface area contributed by atoms with Crippen LogP contribution in [0.15, 0.2) is 42.5 Å². The zero-order valence-electron chi connectivity index (χ0n) is 17.1. The topological polar surface area (TPSA) is 32.8 Å². The molecule has 4 rings (SSSR count). The summed E-state index contributed by atoms with van der Waals surface area (Å²) in [7, 11) is 0. The highest BCUT2D eigenvalue weighted by molar-refractivity contribution is 6.30. The van der Waals surface area contributed by atoms with Gasteiger partial charge < -0.3 is 14.5 Å². The van der Waals surface area contributed by atoms with E-state index >= 15 is 0 Å². The van der Waals surface area contributed by atoms with Gasteiger partial charge in [0.2, 0.25) is 0 Å². The van der Waals surface area contributed by atoms with Gasteiger partial charge in [0, 0.05) is 36.9 Å². The molecule has 4 nitrogen and oxygen atoms in total. The van der Waals surface area contributed by atoms with Crippen LogP contribution in [-0.2, 0) is 17.6 Å². The average Bonchev–Trinajstić information content (AvgIpc) is 2.77. The molecule has 0 saturated carbocycles. The molecular weight excluding hydrogens is 384 g/mol. The molecule has 0 spiro atoms. The molecule has 1 atom stereocenters. The second-order valence-corrected chi connectivity index (χ2v) is 8.38. The Morgan fingerprint density at radius 3 is 2.52 bits per heavy atom. The molecule has 5 heteroatoms. The van der Waals surface area contributed by atoms with Crippen LogP contribution in [0.1, 0.15) is 37.3 Å². The summed E-state index contributed by atoms with van der Waals surface area (Å²) in [5.41, 5.74) is 3.92. The van der Waals surface area contributed by atoms with Gasteiger partial charge in [-0.15, -0.1) is 0 Å². The lowest BCUT2D eigenvalue weighted by Gasteiger charge is -2.37. The highest BCUT2D eigenvalue weighted by Gasteiger charge is 2.28. The molecule has 1 fully saturated rings. The first kappa shape index (κ1) is 20.1. The number of carbonyl (C=O) groups is 1. The molecule has 154 valence electrons. The van der Waals surface area contributed by atoms with E-state index in [9.17, 15) is 4.79 Å². The van der Waals surface area contributed by atoms with Crippen LogP contribution in [0.2, 0.25) is 5.02 Å². The maximum absolute atomic E-state index is 13.1. The summed E-state index contributed by atoms with van der Waals surface area (Å²) in [5, 5.41) is 0.741. The summed E-state index contributed by atoms with van der Waals surface area (Å²) in [6.45, 7) is 5.04. The Balaban J connectivity index is 1.37. The summed E-state index contributed by atoms with van der Waals surface area (Å²) < 4.78 is 6.15. The number of ether oxygens (including phenoxy) is 1. The van der Waals surface area contributed by atoms with Crippen LogP contribution in [0, 0.1) is 0 Å². The lowest BCUT2D eigenvalue weighted by atomic mass is 9.92. The van der Waals surface area contributed by atoms with Gasteiger partial charge in [-0.25, -0.2) is 0 Å². The lowest BCUT2D eigenvalue weighted by Crippen LogP contribution is -2.52. The number of nitrogens with zero attached hydrogens (tertiary/aromatic N) is 2. The maximum atomic E-state index is 13.1. The van der Waals surface area contributed by atoms with E-state index in [4.69, 9.17) is 16.3 Å². The molecule has 1 heterocycles. The van der Waals surface area contributed by atoms with Crippen LogP contribution in [0.4, 0.5) is 5.69 Å². The van der Waals surface area contributed by atoms with Crippen LogP contribution >= 0.6 is 11.6 Å². The number of carbonyl (C=O) groups excluding carboxylic acids is 1. The third-order valence-electron chi connectivity index (χ3n) is 6.01. The SMILES string of the molecule is CC[C@H](Oc1ccc2c(c1)CCCC2)C(=O)N1CCN(c2cccc(Cl)c2)CC1. The van der Waals surface area contributed by atoms with Gasteiger partial charge in [0.15, 0.2) is 6.10 Å². The number of halogens is 1. The number of hydrogen-bond donors (Lipinski definition) is 0. The molecule has 1 saturated heterocycles. The predicted molar refractivity (Wildman–Crippen MR) is 118 cm³/mol. The Labute approximate surface area is 178 Å². The minimum atomic E-state index is -0.422. The molecule has 0 unspecified atom stereocenters. The average molecular weight is 413 g/mol. The second kappa shape index (κ2) is 9.08. The summed E-state index contributed by atoms with van der Waals surface area (Å²) in [6.07, 6.45) is 5.03. The van der Waals surface area contributed by atoms with Crippen molar-refractivity contribution in [3.63, 3.8) is 0 Å². The number of benzene rings is 2. The van der Waals surface area contributed by atoms with Gasteiger partial charge in [0.1, 0.15) is 5.75 Å². The molecule has 2 aliphatic rings. The van der Waals surface area contributed by atoms with Crippen molar-refractivity contribution < 1.29 is 9.53 Å². The molecule has 1 aliphatic heterocycles. The van der Waals surface area contributed by atoms with Crippen molar-refractivity contribution in [1.82, 2.24) is 4.90 Å². The smallest absolute Gasteiger partial charge is 0.263 e. The molecule has 2 aromatic rings. The van der Waals surface area contributed by atoms with E-state index in [1.54, 1.807) is 0 Å². The summed E-state index contributed by atoms with van der Waals surface area (Å²) in [6, 6.07) is 14.2. The van der Waals surface area contributed by atoms with Crippen molar-refractivity contribution >= 4 is 23.2 Å². The Morgan fingerprint density at radius 2 is 1.79 bits per heavy atom. The number of fused-ring (bicyclic) bond motifs is 1. The normalized spacial score (nSPS) is 17.6. The first-order valence-corrected chi connectivity index (χ1v) is 11.1. The van der Waals surface area contributed by atoms with Gasteiger partial charge in [-0.1, -0.05) is 30.7 Å².